The average Bonchev–Trinajstić information content (AvgIpc) is 3.25. The van der Waals surface area contributed by atoms with Crippen LogP contribution in [0.4, 0.5) is 5.69 Å². The smallest absolute Gasteiger partial charge is 0.276 e. The molecule has 0 aliphatic carbocycles. The van der Waals surface area contributed by atoms with E-state index in [4.69, 9.17) is 0 Å². The Balaban J connectivity index is 0.00000256. The molecule has 9 heteroatoms. The number of benzene rings is 1. The Kier molecular flexibility index (Phi) is 7.02. The van der Waals surface area contributed by atoms with Crippen molar-refractivity contribution in [1.82, 2.24) is 25.1 Å². The first kappa shape index (κ1) is 21.7. The summed E-state index contributed by atoms with van der Waals surface area (Å²) in [5, 5.41) is 10.7. The number of carbonyl (C=O) groups is 1. The summed E-state index contributed by atoms with van der Waals surface area (Å²) in [5.74, 6) is 0.216. The zero-order valence-electron chi connectivity index (χ0n) is 16.7. The molecule has 0 radical (unpaired) electrons. The van der Waals surface area contributed by atoms with Gasteiger partial charge in [-0.2, -0.15) is 5.10 Å². The van der Waals surface area contributed by atoms with Crippen molar-refractivity contribution in [3.05, 3.63) is 64.3 Å². The molecule has 1 fully saturated rings. The maximum Gasteiger partial charge on any atom is 0.276 e. The van der Waals surface area contributed by atoms with E-state index < -0.39 is 0 Å². The van der Waals surface area contributed by atoms with Crippen LogP contribution in [0.1, 0.15) is 42.0 Å². The zero-order chi connectivity index (χ0) is 20.2. The predicted molar refractivity (Wildman–Crippen MR) is 118 cm³/mol. The van der Waals surface area contributed by atoms with E-state index in [9.17, 15) is 9.59 Å². The number of aryl methyl sites for hydroxylation is 1. The van der Waals surface area contributed by atoms with Crippen molar-refractivity contribution in [3.8, 4) is 11.4 Å². The van der Waals surface area contributed by atoms with Gasteiger partial charge in [0.15, 0.2) is 5.69 Å². The van der Waals surface area contributed by atoms with Gasteiger partial charge in [0.25, 0.3) is 11.5 Å². The van der Waals surface area contributed by atoms with E-state index in [1.807, 2.05) is 29.9 Å². The molecule has 1 aliphatic rings. The van der Waals surface area contributed by atoms with E-state index in [-0.39, 0.29) is 29.9 Å². The van der Waals surface area contributed by atoms with Crippen LogP contribution in [0.25, 0.3) is 11.4 Å². The number of amides is 1. The van der Waals surface area contributed by atoms with Gasteiger partial charge >= 0.3 is 0 Å². The molecule has 1 saturated heterocycles. The van der Waals surface area contributed by atoms with Gasteiger partial charge in [0, 0.05) is 35.8 Å². The number of nitrogens with zero attached hydrogens (tertiary/aromatic N) is 3. The Morgan fingerprint density at radius 1 is 1.30 bits per heavy atom. The number of aromatic nitrogens is 4. The highest BCUT2D eigenvalue weighted by Gasteiger charge is 2.18. The van der Waals surface area contributed by atoms with Gasteiger partial charge in [-0.1, -0.05) is 19.1 Å². The second kappa shape index (κ2) is 9.69. The monoisotopic (exact) mass is 428 g/mol. The van der Waals surface area contributed by atoms with Crippen LogP contribution in [0.3, 0.4) is 0 Å². The Morgan fingerprint density at radius 2 is 2.17 bits per heavy atom. The van der Waals surface area contributed by atoms with Crippen molar-refractivity contribution in [1.29, 1.82) is 0 Å². The minimum atomic E-state index is -0.270. The molecule has 1 unspecified atom stereocenters. The molecular weight excluding hydrogens is 404 g/mol. The van der Waals surface area contributed by atoms with Crippen LogP contribution in [-0.4, -0.2) is 38.7 Å². The van der Waals surface area contributed by atoms with Crippen LogP contribution in [-0.2, 0) is 6.42 Å². The molecule has 1 aromatic carbocycles. The molecule has 3 N–H and O–H groups in total. The van der Waals surface area contributed by atoms with Crippen LogP contribution in [0.15, 0.2) is 47.4 Å². The van der Waals surface area contributed by atoms with Crippen molar-refractivity contribution in [2.45, 2.75) is 32.2 Å². The first-order valence-corrected chi connectivity index (χ1v) is 9.90. The Bertz CT molecular complexity index is 1070. The molecule has 1 atom stereocenters. The molecule has 3 aromatic rings. The molecule has 1 amide bonds. The summed E-state index contributed by atoms with van der Waals surface area (Å²) >= 11 is 0. The summed E-state index contributed by atoms with van der Waals surface area (Å²) in [7, 11) is 0. The van der Waals surface area contributed by atoms with E-state index in [1.54, 1.807) is 18.2 Å². The molecule has 4 rings (SSSR count). The molecule has 0 bridgehead atoms. The molecule has 30 heavy (non-hydrogen) atoms. The minimum absolute atomic E-state index is 0. The van der Waals surface area contributed by atoms with E-state index in [2.05, 4.69) is 25.7 Å². The number of hydrogen-bond acceptors (Lipinski definition) is 5. The molecular formula is C21H25ClN6O2. The predicted octanol–water partition coefficient (Wildman–Crippen LogP) is 2.79. The summed E-state index contributed by atoms with van der Waals surface area (Å²) in [6.45, 7) is 3.85. The average molecular weight is 429 g/mol. The maximum absolute atomic E-state index is 12.6. The number of H-pyrrole nitrogens is 1. The number of rotatable bonds is 5. The fourth-order valence-corrected chi connectivity index (χ4v) is 3.49. The molecule has 0 saturated carbocycles. The molecule has 158 valence electrons. The van der Waals surface area contributed by atoms with Gasteiger partial charge in [-0.05, 0) is 44.0 Å². The van der Waals surface area contributed by atoms with Gasteiger partial charge in [0.05, 0.1) is 6.04 Å². The van der Waals surface area contributed by atoms with Crippen molar-refractivity contribution in [3.63, 3.8) is 0 Å². The minimum Gasteiger partial charge on any atom is -0.321 e. The zero-order valence-corrected chi connectivity index (χ0v) is 17.5. The molecule has 0 spiro atoms. The number of anilines is 1. The number of carbonyl (C=O) groups excluding carboxylic acids is 1. The number of aromatic amines is 1. The lowest BCUT2D eigenvalue weighted by Crippen LogP contribution is -2.32. The number of piperidine rings is 1. The fraction of sp³-hybridized carbons (Fsp3) is 0.333. The third-order valence-electron chi connectivity index (χ3n) is 5.04. The Morgan fingerprint density at radius 3 is 2.93 bits per heavy atom. The van der Waals surface area contributed by atoms with Crippen LogP contribution in [0, 0.1) is 0 Å². The Labute approximate surface area is 180 Å². The van der Waals surface area contributed by atoms with Gasteiger partial charge in [-0.3, -0.25) is 14.3 Å². The first-order chi connectivity index (χ1) is 14.1. The second-order valence-electron chi connectivity index (χ2n) is 7.15. The van der Waals surface area contributed by atoms with E-state index in [0.29, 0.717) is 23.6 Å². The quantitative estimate of drug-likeness (QED) is 0.579. The highest BCUT2D eigenvalue weighted by molar-refractivity contribution is 6.03. The highest BCUT2D eigenvalue weighted by atomic mass is 35.5. The van der Waals surface area contributed by atoms with Crippen LogP contribution < -0.4 is 16.2 Å². The highest BCUT2D eigenvalue weighted by Crippen LogP contribution is 2.20. The fourth-order valence-electron chi connectivity index (χ4n) is 3.49. The Hall–Kier alpha value is -2.97. The maximum atomic E-state index is 12.6. The largest absolute Gasteiger partial charge is 0.321 e. The molecule has 1 aliphatic heterocycles. The summed E-state index contributed by atoms with van der Waals surface area (Å²) in [4.78, 5) is 31.7. The normalized spacial score (nSPS) is 16.0. The molecule has 3 heterocycles. The lowest BCUT2D eigenvalue weighted by molar-refractivity contribution is 0.102. The summed E-state index contributed by atoms with van der Waals surface area (Å²) in [5.41, 5.74) is 2.25. The van der Waals surface area contributed by atoms with Gasteiger partial charge < -0.3 is 15.6 Å². The van der Waals surface area contributed by atoms with Crippen molar-refractivity contribution < 1.29 is 4.79 Å². The van der Waals surface area contributed by atoms with Crippen LogP contribution >= 0.6 is 12.4 Å². The third kappa shape index (κ3) is 4.95. The second-order valence-corrected chi connectivity index (χ2v) is 7.15. The number of hydrogen-bond donors (Lipinski definition) is 3. The van der Waals surface area contributed by atoms with Gasteiger partial charge in [-0.25, -0.2) is 4.98 Å². The SMILES string of the molecule is CCc1cc(=O)[nH]c(-c2cccc(NC(=O)c3ccn(C4CCCNC4)n3)c2)n1.Cl. The van der Waals surface area contributed by atoms with E-state index in [1.165, 1.54) is 6.07 Å². The van der Waals surface area contributed by atoms with E-state index in [0.717, 1.165) is 37.2 Å². The lowest BCUT2D eigenvalue weighted by atomic mass is 10.1. The van der Waals surface area contributed by atoms with Crippen molar-refractivity contribution in [2.24, 2.45) is 0 Å². The van der Waals surface area contributed by atoms with Crippen LogP contribution in [0.5, 0.6) is 0 Å². The lowest BCUT2D eigenvalue weighted by Gasteiger charge is -2.22. The van der Waals surface area contributed by atoms with Crippen molar-refractivity contribution >= 4 is 24.0 Å². The van der Waals surface area contributed by atoms with Crippen LogP contribution in [0.2, 0.25) is 0 Å². The molecule has 2 aromatic heterocycles. The van der Waals surface area contributed by atoms with Crippen molar-refractivity contribution in [2.75, 3.05) is 18.4 Å². The summed E-state index contributed by atoms with van der Waals surface area (Å²) < 4.78 is 1.86. The summed E-state index contributed by atoms with van der Waals surface area (Å²) in [6.07, 6.45) is 4.69. The summed E-state index contributed by atoms with van der Waals surface area (Å²) in [6, 6.07) is 10.8. The third-order valence-corrected chi connectivity index (χ3v) is 5.04. The number of halogens is 1. The van der Waals surface area contributed by atoms with Gasteiger partial charge in [0.2, 0.25) is 0 Å². The van der Waals surface area contributed by atoms with Gasteiger partial charge in [0.1, 0.15) is 5.82 Å². The van der Waals surface area contributed by atoms with Gasteiger partial charge in [-0.15, -0.1) is 12.4 Å². The first-order valence-electron chi connectivity index (χ1n) is 9.90. The molecule has 8 nitrogen and oxygen atoms in total. The number of nitrogens with one attached hydrogen (secondary N) is 3. The standard InChI is InChI=1S/C21H24N6O2.ClH/c1-2-15-12-19(28)25-20(23-15)14-5-3-6-16(11-14)24-21(29)18-8-10-27(26-18)17-7-4-9-22-13-17;/h3,5-6,8,10-12,17,22H,2,4,7,9,13H2,1H3,(H,24,29)(H,23,25,28);1H. The van der Waals surface area contributed by atoms with E-state index >= 15 is 0 Å². The topological polar surface area (TPSA) is 105 Å².